The molecule has 1 aromatic carbocycles. The summed E-state index contributed by atoms with van der Waals surface area (Å²) in [6.45, 7) is 10.8. The van der Waals surface area contributed by atoms with Crippen LogP contribution in [0.1, 0.15) is 53.2 Å². The van der Waals surface area contributed by atoms with E-state index in [-0.39, 0.29) is 5.97 Å². The average Bonchev–Trinajstić information content (AvgIpc) is 2.47. The van der Waals surface area contributed by atoms with E-state index in [1.165, 1.54) is 0 Å². The van der Waals surface area contributed by atoms with Gasteiger partial charge in [0, 0.05) is 0 Å². The molecule has 0 aromatic heterocycles. The van der Waals surface area contributed by atoms with Crippen LogP contribution in [0.5, 0.6) is 0 Å². The number of esters is 2. The van der Waals surface area contributed by atoms with E-state index in [9.17, 15) is 9.59 Å². The van der Waals surface area contributed by atoms with Gasteiger partial charge in [0.25, 0.3) is 0 Å². The summed E-state index contributed by atoms with van der Waals surface area (Å²) in [7, 11) is 0. The van der Waals surface area contributed by atoms with Gasteiger partial charge >= 0.3 is 11.9 Å². The second kappa shape index (κ2) is 5.84. The van der Waals surface area contributed by atoms with E-state index in [1.54, 1.807) is 27.7 Å². The first-order chi connectivity index (χ1) is 10.5. The van der Waals surface area contributed by atoms with Crippen LogP contribution in [-0.4, -0.2) is 11.9 Å². The number of hydrogen-bond acceptors (Lipinski definition) is 4. The van der Waals surface area contributed by atoms with Crippen LogP contribution in [-0.2, 0) is 19.1 Å². The average molecular weight is 316 g/mol. The van der Waals surface area contributed by atoms with Crippen molar-refractivity contribution < 1.29 is 19.1 Å². The summed E-state index contributed by atoms with van der Waals surface area (Å²) in [5, 5.41) is 0. The Morgan fingerprint density at radius 3 is 2.26 bits per heavy atom. The van der Waals surface area contributed by atoms with Gasteiger partial charge in [-0.3, -0.25) is 4.79 Å². The molecule has 0 bridgehead atoms. The molecular formula is C19H24O4. The van der Waals surface area contributed by atoms with Crippen LogP contribution in [0.15, 0.2) is 41.7 Å². The monoisotopic (exact) mass is 316 g/mol. The van der Waals surface area contributed by atoms with Gasteiger partial charge in [0.15, 0.2) is 0 Å². The van der Waals surface area contributed by atoms with E-state index < -0.39 is 22.9 Å². The number of carbonyl (C=O) groups excluding carboxylic acids is 2. The predicted octanol–water partition coefficient (Wildman–Crippen LogP) is 4.17. The standard InChI is InChI=1S/C19H24O4/c1-12-14(23-17(21)18(2,3)4)19(5,6)15(22-16(12)20)13-10-8-7-9-11-13/h7-11,15H,1-6H3/t15-/m0/s1. The van der Waals surface area contributed by atoms with Crippen molar-refractivity contribution in [1.29, 1.82) is 0 Å². The molecule has 0 saturated carbocycles. The van der Waals surface area contributed by atoms with E-state index >= 15 is 0 Å². The third-order valence-corrected chi connectivity index (χ3v) is 4.02. The van der Waals surface area contributed by atoms with Gasteiger partial charge < -0.3 is 9.47 Å². The van der Waals surface area contributed by atoms with Crippen molar-refractivity contribution in [3.8, 4) is 0 Å². The number of rotatable bonds is 2. The number of carbonyl (C=O) groups is 2. The number of benzene rings is 1. The fraction of sp³-hybridized carbons (Fsp3) is 0.474. The lowest BCUT2D eigenvalue weighted by Crippen LogP contribution is -2.38. The highest BCUT2D eigenvalue weighted by molar-refractivity contribution is 5.90. The summed E-state index contributed by atoms with van der Waals surface area (Å²) in [5.41, 5.74) is -0.0600. The molecule has 4 nitrogen and oxygen atoms in total. The summed E-state index contributed by atoms with van der Waals surface area (Å²) >= 11 is 0. The molecule has 1 heterocycles. The smallest absolute Gasteiger partial charge is 0.337 e. The van der Waals surface area contributed by atoms with Crippen molar-refractivity contribution in [3.05, 3.63) is 47.2 Å². The molecular weight excluding hydrogens is 292 g/mol. The summed E-state index contributed by atoms with van der Waals surface area (Å²) in [5.74, 6) is -0.418. The fourth-order valence-electron chi connectivity index (χ4n) is 2.60. The van der Waals surface area contributed by atoms with Crippen molar-refractivity contribution in [2.45, 2.75) is 47.6 Å². The highest BCUT2D eigenvalue weighted by Crippen LogP contribution is 2.48. The molecule has 0 unspecified atom stereocenters. The maximum Gasteiger partial charge on any atom is 0.337 e. The Morgan fingerprint density at radius 2 is 1.74 bits per heavy atom. The van der Waals surface area contributed by atoms with Crippen LogP contribution in [0.25, 0.3) is 0 Å². The van der Waals surface area contributed by atoms with E-state index in [0.29, 0.717) is 11.3 Å². The first kappa shape index (κ1) is 17.3. The minimum atomic E-state index is -0.646. The summed E-state index contributed by atoms with van der Waals surface area (Å²) < 4.78 is 11.3. The summed E-state index contributed by atoms with van der Waals surface area (Å²) in [4.78, 5) is 24.5. The first-order valence-electron chi connectivity index (χ1n) is 7.74. The third kappa shape index (κ3) is 3.31. The third-order valence-electron chi connectivity index (χ3n) is 4.02. The van der Waals surface area contributed by atoms with E-state index in [1.807, 2.05) is 44.2 Å². The highest BCUT2D eigenvalue weighted by atomic mass is 16.6. The van der Waals surface area contributed by atoms with Gasteiger partial charge in [-0.25, -0.2) is 4.79 Å². The first-order valence-corrected chi connectivity index (χ1v) is 7.74. The number of hydrogen-bond donors (Lipinski definition) is 0. The molecule has 0 aliphatic carbocycles. The maximum atomic E-state index is 12.3. The second-order valence-corrected chi connectivity index (χ2v) is 7.51. The Labute approximate surface area is 137 Å². The lowest BCUT2D eigenvalue weighted by atomic mass is 9.77. The van der Waals surface area contributed by atoms with E-state index in [0.717, 1.165) is 5.56 Å². The summed E-state index contributed by atoms with van der Waals surface area (Å²) in [6.07, 6.45) is -0.498. The molecule has 0 amide bonds. The number of ether oxygens (including phenoxy) is 2. The molecule has 0 N–H and O–H groups in total. The van der Waals surface area contributed by atoms with E-state index in [4.69, 9.17) is 9.47 Å². The Kier molecular flexibility index (Phi) is 4.38. The topological polar surface area (TPSA) is 52.6 Å². The normalized spacial score (nSPS) is 21.0. The fourth-order valence-corrected chi connectivity index (χ4v) is 2.60. The van der Waals surface area contributed by atoms with Gasteiger partial charge in [-0.1, -0.05) is 30.3 Å². The van der Waals surface area contributed by atoms with Gasteiger partial charge in [-0.2, -0.15) is 0 Å². The minimum Gasteiger partial charge on any atom is -0.453 e. The largest absolute Gasteiger partial charge is 0.453 e. The Bertz CT molecular complexity index is 648. The highest BCUT2D eigenvalue weighted by Gasteiger charge is 2.46. The zero-order valence-electron chi connectivity index (χ0n) is 14.6. The van der Waals surface area contributed by atoms with Crippen LogP contribution in [0.3, 0.4) is 0 Å². The van der Waals surface area contributed by atoms with Crippen LogP contribution >= 0.6 is 0 Å². The van der Waals surface area contributed by atoms with Crippen LogP contribution < -0.4 is 0 Å². The van der Waals surface area contributed by atoms with E-state index in [2.05, 4.69) is 0 Å². The molecule has 1 aromatic rings. The molecule has 1 aliphatic heterocycles. The van der Waals surface area contributed by atoms with Crippen LogP contribution in [0.2, 0.25) is 0 Å². The van der Waals surface area contributed by atoms with Crippen LogP contribution in [0.4, 0.5) is 0 Å². The quantitative estimate of drug-likeness (QED) is 0.768. The Balaban J connectivity index is 2.45. The molecule has 124 valence electrons. The second-order valence-electron chi connectivity index (χ2n) is 7.51. The SMILES string of the molecule is CC1=C(OC(=O)C(C)(C)C)C(C)(C)[C@H](c2ccccc2)OC1=O. The van der Waals surface area contributed by atoms with Gasteiger partial charge in [0.05, 0.1) is 16.4 Å². The molecule has 2 rings (SSSR count). The van der Waals surface area contributed by atoms with Crippen molar-refractivity contribution in [2.75, 3.05) is 0 Å². The molecule has 4 heteroatoms. The minimum absolute atomic E-state index is 0.347. The van der Waals surface area contributed by atoms with Crippen molar-refractivity contribution in [1.82, 2.24) is 0 Å². The molecule has 0 radical (unpaired) electrons. The Morgan fingerprint density at radius 1 is 1.17 bits per heavy atom. The summed E-state index contributed by atoms with van der Waals surface area (Å²) in [6, 6.07) is 9.51. The molecule has 0 saturated heterocycles. The molecule has 1 aliphatic rings. The van der Waals surface area contributed by atoms with Gasteiger partial charge in [-0.05, 0) is 47.1 Å². The van der Waals surface area contributed by atoms with Gasteiger partial charge in [0.2, 0.25) is 0 Å². The zero-order chi connectivity index (χ0) is 17.4. The van der Waals surface area contributed by atoms with Gasteiger partial charge in [0.1, 0.15) is 11.9 Å². The molecule has 0 fully saturated rings. The van der Waals surface area contributed by atoms with Crippen LogP contribution in [0, 0.1) is 10.8 Å². The lowest BCUT2D eigenvalue weighted by molar-refractivity contribution is -0.162. The Hall–Kier alpha value is -2.10. The van der Waals surface area contributed by atoms with Gasteiger partial charge in [-0.15, -0.1) is 0 Å². The van der Waals surface area contributed by atoms with Crippen molar-refractivity contribution in [3.63, 3.8) is 0 Å². The number of cyclic esters (lactones) is 1. The molecule has 23 heavy (non-hydrogen) atoms. The van der Waals surface area contributed by atoms with Crippen molar-refractivity contribution in [2.24, 2.45) is 10.8 Å². The van der Waals surface area contributed by atoms with Crippen molar-refractivity contribution >= 4 is 11.9 Å². The molecule has 1 atom stereocenters. The lowest BCUT2D eigenvalue weighted by Gasteiger charge is -2.40. The zero-order valence-corrected chi connectivity index (χ0v) is 14.6. The molecule has 0 spiro atoms. The predicted molar refractivity (Wildman–Crippen MR) is 87.3 cm³/mol. The maximum absolute atomic E-state index is 12.3.